The van der Waals surface area contributed by atoms with E-state index in [9.17, 15) is 22.0 Å². The molecule has 0 radical (unpaired) electrons. The first-order valence-electron chi connectivity index (χ1n) is 8.74. The van der Waals surface area contributed by atoms with Gasteiger partial charge in [-0.1, -0.05) is 18.9 Å². The Bertz CT molecular complexity index is 940. The van der Waals surface area contributed by atoms with Gasteiger partial charge in [-0.2, -0.15) is 4.31 Å². The number of nitrogens with zero attached hydrogens (tertiary/aromatic N) is 1. The van der Waals surface area contributed by atoms with E-state index in [2.05, 4.69) is 5.32 Å². The molecule has 1 aliphatic heterocycles. The topological polar surface area (TPSA) is 66.5 Å². The summed E-state index contributed by atoms with van der Waals surface area (Å²) in [6, 6.07) is 8.43. The van der Waals surface area contributed by atoms with Crippen molar-refractivity contribution in [1.82, 2.24) is 4.31 Å². The number of nitrogens with one attached hydrogen (secondary N) is 1. The highest BCUT2D eigenvalue weighted by Crippen LogP contribution is 2.22. The van der Waals surface area contributed by atoms with Gasteiger partial charge >= 0.3 is 0 Å². The lowest BCUT2D eigenvalue weighted by molar-refractivity contribution is 0.102. The largest absolute Gasteiger partial charge is 0.319 e. The number of hydrogen-bond donors (Lipinski definition) is 1. The Kier molecular flexibility index (Phi) is 5.86. The van der Waals surface area contributed by atoms with Crippen molar-refractivity contribution in [2.24, 2.45) is 0 Å². The van der Waals surface area contributed by atoms with E-state index < -0.39 is 27.6 Å². The number of anilines is 1. The lowest BCUT2D eigenvalue weighted by Crippen LogP contribution is -2.32. The first-order valence-corrected chi connectivity index (χ1v) is 10.2. The van der Waals surface area contributed by atoms with E-state index >= 15 is 0 Å². The van der Waals surface area contributed by atoms with Gasteiger partial charge in [0.05, 0.1) is 10.6 Å². The van der Waals surface area contributed by atoms with Crippen LogP contribution >= 0.6 is 0 Å². The van der Waals surface area contributed by atoms with Gasteiger partial charge in [-0.05, 0) is 43.2 Å². The Morgan fingerprint density at radius 1 is 0.963 bits per heavy atom. The van der Waals surface area contributed by atoms with Crippen molar-refractivity contribution < 1.29 is 22.0 Å². The molecule has 2 aromatic rings. The summed E-state index contributed by atoms with van der Waals surface area (Å²) in [6.07, 6.45) is 3.61. The quantitative estimate of drug-likeness (QED) is 0.858. The summed E-state index contributed by atoms with van der Waals surface area (Å²) in [4.78, 5) is 12.4. The summed E-state index contributed by atoms with van der Waals surface area (Å²) in [5, 5.41) is 2.33. The monoisotopic (exact) mass is 394 g/mol. The molecule has 0 atom stereocenters. The molecule has 0 aromatic heterocycles. The highest BCUT2D eigenvalue weighted by Gasteiger charge is 2.25. The molecule has 8 heteroatoms. The molecule has 1 saturated heterocycles. The third-order valence-electron chi connectivity index (χ3n) is 4.48. The predicted molar refractivity (Wildman–Crippen MR) is 98.0 cm³/mol. The lowest BCUT2D eigenvalue weighted by Gasteiger charge is -2.20. The summed E-state index contributed by atoms with van der Waals surface area (Å²) in [5.74, 6) is -2.33. The number of halogens is 2. The van der Waals surface area contributed by atoms with Crippen LogP contribution in [-0.4, -0.2) is 31.7 Å². The highest BCUT2D eigenvalue weighted by molar-refractivity contribution is 7.89. The zero-order valence-corrected chi connectivity index (χ0v) is 15.4. The Morgan fingerprint density at radius 3 is 2.33 bits per heavy atom. The van der Waals surface area contributed by atoms with E-state index in [1.807, 2.05) is 0 Å². The molecule has 0 unspecified atom stereocenters. The SMILES string of the molecule is O=C(Nc1ccc(F)cc1F)c1cccc(S(=O)(=O)N2CCCCCC2)c1. The van der Waals surface area contributed by atoms with Crippen molar-refractivity contribution in [1.29, 1.82) is 0 Å². The first-order chi connectivity index (χ1) is 12.9. The van der Waals surface area contributed by atoms with Gasteiger partial charge in [-0.3, -0.25) is 4.79 Å². The van der Waals surface area contributed by atoms with Crippen LogP contribution in [0.1, 0.15) is 36.0 Å². The van der Waals surface area contributed by atoms with Crippen molar-refractivity contribution >= 4 is 21.6 Å². The maximum absolute atomic E-state index is 13.7. The maximum atomic E-state index is 13.7. The second-order valence-electron chi connectivity index (χ2n) is 6.42. The number of rotatable bonds is 4. The van der Waals surface area contributed by atoms with Crippen LogP contribution in [0.25, 0.3) is 0 Å². The van der Waals surface area contributed by atoms with Crippen LogP contribution in [-0.2, 0) is 10.0 Å². The van der Waals surface area contributed by atoms with Crippen LogP contribution < -0.4 is 5.32 Å². The number of carbonyl (C=O) groups is 1. The summed E-state index contributed by atoms with van der Waals surface area (Å²) in [5.41, 5.74) is -0.100. The van der Waals surface area contributed by atoms with E-state index in [0.29, 0.717) is 19.2 Å². The van der Waals surface area contributed by atoms with Gasteiger partial charge in [0, 0.05) is 24.7 Å². The second-order valence-corrected chi connectivity index (χ2v) is 8.36. The van der Waals surface area contributed by atoms with E-state index in [1.54, 1.807) is 0 Å². The van der Waals surface area contributed by atoms with Crippen LogP contribution in [0.2, 0.25) is 0 Å². The lowest BCUT2D eigenvalue weighted by atomic mass is 10.2. The van der Waals surface area contributed by atoms with Crippen molar-refractivity contribution in [3.05, 3.63) is 59.7 Å². The minimum Gasteiger partial charge on any atom is -0.319 e. The Balaban J connectivity index is 1.83. The molecule has 144 valence electrons. The number of hydrogen-bond acceptors (Lipinski definition) is 3. The molecule has 1 fully saturated rings. The number of benzene rings is 2. The third kappa shape index (κ3) is 4.51. The van der Waals surface area contributed by atoms with Crippen molar-refractivity contribution in [3.63, 3.8) is 0 Å². The van der Waals surface area contributed by atoms with Crippen LogP contribution in [0.4, 0.5) is 14.5 Å². The zero-order chi connectivity index (χ0) is 19.4. The first kappa shape index (κ1) is 19.4. The minimum atomic E-state index is -3.70. The molecule has 5 nitrogen and oxygen atoms in total. The Morgan fingerprint density at radius 2 is 1.67 bits per heavy atom. The molecule has 27 heavy (non-hydrogen) atoms. The Hall–Kier alpha value is -2.32. The van der Waals surface area contributed by atoms with Gasteiger partial charge in [0.15, 0.2) is 0 Å². The molecule has 1 heterocycles. The van der Waals surface area contributed by atoms with Gasteiger partial charge in [0.1, 0.15) is 11.6 Å². The van der Waals surface area contributed by atoms with Gasteiger partial charge < -0.3 is 5.32 Å². The summed E-state index contributed by atoms with van der Waals surface area (Å²) in [6.45, 7) is 0.916. The van der Waals surface area contributed by atoms with Crippen LogP contribution in [0.5, 0.6) is 0 Å². The molecule has 0 spiro atoms. The normalized spacial score (nSPS) is 15.9. The third-order valence-corrected chi connectivity index (χ3v) is 6.37. The minimum absolute atomic E-state index is 0.0247. The molecule has 1 aliphatic rings. The molecule has 0 saturated carbocycles. The van der Waals surface area contributed by atoms with Gasteiger partial charge in [0.2, 0.25) is 10.0 Å². The number of amides is 1. The zero-order valence-electron chi connectivity index (χ0n) is 14.6. The summed E-state index contributed by atoms with van der Waals surface area (Å²) < 4.78 is 53.8. The molecule has 0 bridgehead atoms. The van der Waals surface area contributed by atoms with Gasteiger partial charge in [-0.15, -0.1) is 0 Å². The van der Waals surface area contributed by atoms with Crippen LogP contribution in [0.3, 0.4) is 0 Å². The van der Waals surface area contributed by atoms with E-state index in [4.69, 9.17) is 0 Å². The maximum Gasteiger partial charge on any atom is 0.255 e. The van der Waals surface area contributed by atoms with Gasteiger partial charge in [0.25, 0.3) is 5.91 Å². The van der Waals surface area contributed by atoms with Crippen LogP contribution in [0, 0.1) is 11.6 Å². The van der Waals surface area contributed by atoms with Crippen molar-refractivity contribution in [2.45, 2.75) is 30.6 Å². The molecule has 3 rings (SSSR count). The molecule has 2 aromatic carbocycles. The Labute approximate surface area is 157 Å². The fourth-order valence-corrected chi connectivity index (χ4v) is 4.58. The molecule has 0 aliphatic carbocycles. The fraction of sp³-hybridized carbons (Fsp3) is 0.316. The number of carbonyl (C=O) groups excluding carboxylic acids is 1. The highest BCUT2D eigenvalue weighted by atomic mass is 32.2. The number of sulfonamides is 1. The summed E-state index contributed by atoms with van der Waals surface area (Å²) >= 11 is 0. The van der Waals surface area contributed by atoms with E-state index in [-0.39, 0.29) is 16.1 Å². The molecule has 1 amide bonds. The average molecular weight is 394 g/mol. The molecular formula is C19H20F2N2O3S. The van der Waals surface area contributed by atoms with E-state index in [0.717, 1.165) is 37.8 Å². The molecular weight excluding hydrogens is 374 g/mol. The smallest absolute Gasteiger partial charge is 0.255 e. The summed E-state index contributed by atoms with van der Waals surface area (Å²) in [7, 11) is -3.70. The van der Waals surface area contributed by atoms with Gasteiger partial charge in [-0.25, -0.2) is 17.2 Å². The van der Waals surface area contributed by atoms with E-state index in [1.165, 1.54) is 28.6 Å². The molecule has 1 N–H and O–H groups in total. The predicted octanol–water partition coefficient (Wildman–Crippen LogP) is 3.78. The fourth-order valence-electron chi connectivity index (χ4n) is 3.01. The van der Waals surface area contributed by atoms with Crippen LogP contribution in [0.15, 0.2) is 47.4 Å². The van der Waals surface area contributed by atoms with Crippen molar-refractivity contribution in [2.75, 3.05) is 18.4 Å². The standard InChI is InChI=1S/C19H20F2N2O3S/c20-15-8-9-18(17(21)13-15)22-19(24)14-6-5-7-16(12-14)27(25,26)23-10-3-1-2-4-11-23/h5-9,12-13H,1-4,10-11H2,(H,22,24). The second kappa shape index (κ2) is 8.14. The average Bonchev–Trinajstić information content (AvgIpc) is 2.94. The van der Waals surface area contributed by atoms with Crippen molar-refractivity contribution in [3.8, 4) is 0 Å².